The van der Waals surface area contributed by atoms with Crippen LogP contribution in [0.25, 0.3) is 16.8 Å². The number of nitrogens with one attached hydrogen (secondary N) is 1. The van der Waals surface area contributed by atoms with Crippen LogP contribution >= 0.6 is 0 Å². The Kier molecular flexibility index (Phi) is 4.80. The van der Waals surface area contributed by atoms with Crippen molar-refractivity contribution in [3.05, 3.63) is 65.9 Å². The van der Waals surface area contributed by atoms with Crippen LogP contribution in [0.3, 0.4) is 0 Å². The van der Waals surface area contributed by atoms with E-state index in [0.717, 1.165) is 24.5 Å². The minimum Gasteiger partial charge on any atom is -0.352 e. The van der Waals surface area contributed by atoms with Crippen molar-refractivity contribution in [3.8, 4) is 0 Å². The molecule has 0 radical (unpaired) electrons. The average molecular weight is 373 g/mol. The molecule has 28 heavy (non-hydrogen) atoms. The number of benzene rings is 2. The molecular weight excluding hydrogens is 344 g/mol. The van der Waals surface area contributed by atoms with Crippen LogP contribution in [0.1, 0.15) is 44.9 Å². The first-order chi connectivity index (χ1) is 13.4. The Morgan fingerprint density at radius 2 is 1.89 bits per heavy atom. The molecule has 0 saturated carbocycles. The molecule has 1 aliphatic heterocycles. The molecule has 1 aliphatic rings. The normalized spacial score (nSPS) is 14.8. The maximum absolute atomic E-state index is 4.86. The first-order valence-electron chi connectivity index (χ1n) is 9.93. The first kappa shape index (κ1) is 18.5. The maximum atomic E-state index is 4.86. The highest BCUT2D eigenvalue weighted by Crippen LogP contribution is 2.29. The Bertz CT molecular complexity index is 1020. The van der Waals surface area contributed by atoms with Crippen LogP contribution in [0.4, 0.5) is 11.8 Å². The van der Waals surface area contributed by atoms with Crippen molar-refractivity contribution in [2.45, 2.75) is 33.7 Å². The number of hydrogen-bond acceptors (Lipinski definition) is 4. The molecule has 0 saturated heterocycles. The van der Waals surface area contributed by atoms with Crippen LogP contribution in [0, 0.1) is 5.41 Å². The quantitative estimate of drug-likeness (QED) is 0.639. The van der Waals surface area contributed by atoms with Gasteiger partial charge in [-0.15, -0.1) is 0 Å². The monoisotopic (exact) mass is 372 g/mol. The zero-order valence-electron chi connectivity index (χ0n) is 17.1. The summed E-state index contributed by atoms with van der Waals surface area (Å²) in [5, 5.41) is 5.99. The van der Waals surface area contributed by atoms with E-state index < -0.39 is 0 Å². The van der Waals surface area contributed by atoms with Crippen LogP contribution in [0.5, 0.6) is 0 Å². The lowest BCUT2D eigenvalue weighted by molar-refractivity contribution is 0.413. The standard InChI is InChI=1S/C24H28N4/c1-17(19-12-11-18-8-5-6-9-20(18)14-19)26-23-25-15-21-10-7-13-28(22(21)27-23)16-24(2,3)4/h5-12,14-15,17H,13,16H2,1-4H3,(H,25,26,27)/t17-/m0/s1. The van der Waals surface area contributed by atoms with Gasteiger partial charge in [-0.3, -0.25) is 0 Å². The molecule has 0 fully saturated rings. The third-order valence-electron chi connectivity index (χ3n) is 5.00. The van der Waals surface area contributed by atoms with Crippen molar-refractivity contribution >= 4 is 28.6 Å². The lowest BCUT2D eigenvalue weighted by atomic mass is 9.95. The van der Waals surface area contributed by atoms with Gasteiger partial charge in [-0.2, -0.15) is 4.98 Å². The SMILES string of the molecule is C[C@H](Nc1ncc2c(n1)N(CC(C)(C)C)CC=C2)c1ccc2ccccc2c1. The van der Waals surface area contributed by atoms with Crippen molar-refractivity contribution in [2.24, 2.45) is 5.41 Å². The van der Waals surface area contributed by atoms with Gasteiger partial charge in [-0.25, -0.2) is 4.98 Å². The molecule has 0 spiro atoms. The van der Waals surface area contributed by atoms with Crippen LogP contribution in [0.2, 0.25) is 0 Å². The van der Waals surface area contributed by atoms with E-state index in [2.05, 4.69) is 97.5 Å². The summed E-state index contributed by atoms with van der Waals surface area (Å²) >= 11 is 0. The molecule has 4 nitrogen and oxygen atoms in total. The summed E-state index contributed by atoms with van der Waals surface area (Å²) in [6, 6.07) is 15.1. The van der Waals surface area contributed by atoms with Gasteiger partial charge in [0.25, 0.3) is 0 Å². The van der Waals surface area contributed by atoms with Gasteiger partial charge >= 0.3 is 0 Å². The molecule has 1 aromatic heterocycles. The molecule has 0 unspecified atom stereocenters. The Labute approximate surface area is 167 Å². The molecule has 4 heteroatoms. The summed E-state index contributed by atoms with van der Waals surface area (Å²) in [5.74, 6) is 1.69. The van der Waals surface area contributed by atoms with Gasteiger partial charge in [-0.05, 0) is 34.7 Å². The van der Waals surface area contributed by atoms with Crippen molar-refractivity contribution in [1.29, 1.82) is 0 Å². The van der Waals surface area contributed by atoms with Gasteiger partial charge in [0.1, 0.15) is 5.82 Å². The van der Waals surface area contributed by atoms with Crippen molar-refractivity contribution in [2.75, 3.05) is 23.3 Å². The van der Waals surface area contributed by atoms with E-state index in [1.165, 1.54) is 16.3 Å². The summed E-state index contributed by atoms with van der Waals surface area (Å²) in [4.78, 5) is 11.7. The molecule has 144 valence electrons. The van der Waals surface area contributed by atoms with E-state index >= 15 is 0 Å². The fourth-order valence-electron chi connectivity index (χ4n) is 3.68. The van der Waals surface area contributed by atoms with Gasteiger partial charge in [0.15, 0.2) is 0 Å². The predicted octanol–water partition coefficient (Wildman–Crippen LogP) is 5.68. The molecule has 3 aromatic rings. The summed E-state index contributed by atoms with van der Waals surface area (Å²) in [6.07, 6.45) is 6.22. The van der Waals surface area contributed by atoms with Gasteiger partial charge in [-0.1, -0.05) is 69.3 Å². The average Bonchev–Trinajstić information content (AvgIpc) is 2.67. The zero-order valence-corrected chi connectivity index (χ0v) is 17.1. The fraction of sp³-hybridized carbons (Fsp3) is 0.333. The number of hydrogen-bond donors (Lipinski definition) is 1. The van der Waals surface area contributed by atoms with E-state index in [9.17, 15) is 0 Å². The molecule has 4 rings (SSSR count). The molecular formula is C24H28N4. The minimum atomic E-state index is 0.123. The topological polar surface area (TPSA) is 41.1 Å². The van der Waals surface area contributed by atoms with Crippen LogP contribution in [-0.4, -0.2) is 23.1 Å². The molecule has 0 amide bonds. The van der Waals surface area contributed by atoms with E-state index in [1.807, 2.05) is 6.20 Å². The Balaban J connectivity index is 1.57. The molecule has 2 heterocycles. The van der Waals surface area contributed by atoms with Crippen LogP contribution in [-0.2, 0) is 0 Å². The number of rotatable bonds is 4. The Morgan fingerprint density at radius 1 is 1.11 bits per heavy atom. The summed E-state index contributed by atoms with van der Waals surface area (Å²) in [6.45, 7) is 10.8. The van der Waals surface area contributed by atoms with Crippen molar-refractivity contribution in [1.82, 2.24) is 9.97 Å². The highest BCUT2D eigenvalue weighted by molar-refractivity contribution is 5.83. The van der Waals surface area contributed by atoms with Crippen LogP contribution in [0.15, 0.2) is 54.7 Å². The lowest BCUT2D eigenvalue weighted by Gasteiger charge is -2.33. The van der Waals surface area contributed by atoms with Gasteiger partial charge in [0.05, 0.1) is 6.04 Å². The third-order valence-corrected chi connectivity index (χ3v) is 5.00. The number of aromatic nitrogens is 2. The second kappa shape index (κ2) is 7.27. The fourth-order valence-corrected chi connectivity index (χ4v) is 3.68. The largest absolute Gasteiger partial charge is 0.352 e. The number of anilines is 2. The summed E-state index contributed by atoms with van der Waals surface area (Å²) < 4.78 is 0. The highest BCUT2D eigenvalue weighted by atomic mass is 15.2. The Morgan fingerprint density at radius 3 is 2.68 bits per heavy atom. The van der Waals surface area contributed by atoms with Crippen molar-refractivity contribution < 1.29 is 0 Å². The summed E-state index contributed by atoms with van der Waals surface area (Å²) in [7, 11) is 0. The molecule has 1 atom stereocenters. The van der Waals surface area contributed by atoms with Gasteiger partial charge < -0.3 is 10.2 Å². The summed E-state index contributed by atoms with van der Waals surface area (Å²) in [5.41, 5.74) is 2.52. The second-order valence-electron chi connectivity index (χ2n) is 8.79. The first-order valence-corrected chi connectivity index (χ1v) is 9.93. The molecule has 0 bridgehead atoms. The minimum absolute atomic E-state index is 0.123. The lowest BCUT2D eigenvalue weighted by Crippen LogP contribution is -2.35. The molecule has 0 aliphatic carbocycles. The number of fused-ring (bicyclic) bond motifs is 2. The molecule has 2 aromatic carbocycles. The van der Waals surface area contributed by atoms with Gasteiger partial charge in [0.2, 0.25) is 5.95 Å². The van der Waals surface area contributed by atoms with E-state index in [-0.39, 0.29) is 11.5 Å². The second-order valence-corrected chi connectivity index (χ2v) is 8.79. The Hall–Kier alpha value is -2.88. The van der Waals surface area contributed by atoms with Crippen LogP contribution < -0.4 is 10.2 Å². The maximum Gasteiger partial charge on any atom is 0.225 e. The third kappa shape index (κ3) is 4.01. The highest BCUT2D eigenvalue weighted by Gasteiger charge is 2.22. The predicted molar refractivity (Wildman–Crippen MR) is 119 cm³/mol. The van der Waals surface area contributed by atoms with E-state index in [4.69, 9.17) is 4.98 Å². The van der Waals surface area contributed by atoms with Crippen molar-refractivity contribution in [3.63, 3.8) is 0 Å². The molecule has 1 N–H and O–H groups in total. The smallest absolute Gasteiger partial charge is 0.225 e. The number of nitrogens with zero attached hydrogens (tertiary/aromatic N) is 3. The van der Waals surface area contributed by atoms with E-state index in [0.29, 0.717) is 5.95 Å². The van der Waals surface area contributed by atoms with Gasteiger partial charge in [0, 0.05) is 24.8 Å². The van der Waals surface area contributed by atoms with E-state index in [1.54, 1.807) is 0 Å². The zero-order chi connectivity index (χ0) is 19.7.